The molecule has 3 saturated heterocycles. The Hall–Kier alpha value is -10.4. The van der Waals surface area contributed by atoms with Gasteiger partial charge in [0.05, 0.1) is 64.9 Å². The van der Waals surface area contributed by atoms with E-state index in [0.29, 0.717) is 122 Å². The summed E-state index contributed by atoms with van der Waals surface area (Å²) >= 11 is 38.2. The van der Waals surface area contributed by atoms with E-state index in [9.17, 15) is 44.1 Å². The van der Waals surface area contributed by atoms with Crippen LogP contribution in [0.3, 0.4) is 0 Å². The summed E-state index contributed by atoms with van der Waals surface area (Å²) in [4.78, 5) is 101. The number of nitrogens with one attached hydrogen (secondary N) is 3. The van der Waals surface area contributed by atoms with Gasteiger partial charge in [-0.25, -0.2) is 42.5 Å². The summed E-state index contributed by atoms with van der Waals surface area (Å²) in [6.07, 6.45) is 8.72. The standard InChI is InChI=1S/3C31H25Cl2FN4O3/c3*32-17-7-8-19-21(13-17)36-30(41)31(19)26(18-2-1-3-20(33)27(18)34)25-24(38(31)14-15-4-5-15)10-11-37-23-9-6-16(29(39)40)12-22(23)35-28(25)37/h3*1-3,6-9,12-13,15,24-26H,4-5,10-11,14H2,(H,36,41)(H,39,40)/t3*24-,25+,26-,31+/m100/s1. The van der Waals surface area contributed by atoms with Crippen LogP contribution in [0.4, 0.5) is 30.2 Å². The van der Waals surface area contributed by atoms with Gasteiger partial charge in [-0.1, -0.05) is 124 Å². The number of carboxylic acids is 3. The molecule has 3 spiro atoms. The van der Waals surface area contributed by atoms with Gasteiger partial charge >= 0.3 is 17.9 Å². The number of likely N-dealkylation sites (tertiary alicyclic amines) is 3. The smallest absolute Gasteiger partial charge is 0.335 e. The number of amides is 3. The number of imidazole rings is 3. The highest BCUT2D eigenvalue weighted by Gasteiger charge is 2.73. The molecule has 123 heavy (non-hydrogen) atoms. The van der Waals surface area contributed by atoms with Crippen LogP contribution in [0.2, 0.25) is 30.1 Å². The first-order valence-electron chi connectivity index (χ1n) is 41.5. The van der Waals surface area contributed by atoms with Gasteiger partial charge in [-0.15, -0.1) is 0 Å². The van der Waals surface area contributed by atoms with Gasteiger partial charge in [0.1, 0.15) is 51.5 Å². The van der Waals surface area contributed by atoms with Crippen molar-refractivity contribution in [3.05, 3.63) is 279 Å². The molecule has 0 bridgehead atoms. The molecule has 0 radical (unpaired) electrons. The molecule has 6 N–H and O–H groups in total. The van der Waals surface area contributed by atoms with Crippen LogP contribution < -0.4 is 16.0 Å². The molecule has 3 saturated carbocycles. The fourth-order valence-electron chi connectivity index (χ4n) is 23.2. The first-order valence-corrected chi connectivity index (χ1v) is 43.8. The van der Waals surface area contributed by atoms with Crippen molar-refractivity contribution in [2.75, 3.05) is 35.6 Å². The molecule has 12 aliphatic rings. The fourth-order valence-corrected chi connectivity index (χ4v) is 24.2. The SMILES string of the molecule is O=C(O)c1ccc2c(c1)nc1n2CC[C@@H]2[C@H]1[C@@H](c1cccc(Cl)c1F)[C@@]1(C(=O)Nc3cc(Cl)ccc31)N2CC1CC1.O=C(O)c1ccc2c(c1)nc1n2CC[C@H]2[C@@H]1[C@H](c1cccc(Cl)c1F)[C@]1(C(=O)Nc3cc(Cl)ccc31)N2CC1CC1.O=C(O)c1ccc2c(c1)nc1n2CC[C@H]2[C@@H]1[C@H](c1cccc(Cl)c1F)[C@]1(C(=O)Nc3cc(Cl)ccc31)N2CC1CC1. The van der Waals surface area contributed by atoms with Gasteiger partial charge in [0, 0.05) is 142 Å². The van der Waals surface area contributed by atoms with Crippen molar-refractivity contribution in [2.24, 2.45) is 17.8 Å². The zero-order valence-electron chi connectivity index (χ0n) is 65.3. The number of carbonyl (C=O) groups excluding carboxylic acids is 3. The minimum Gasteiger partial charge on any atom is -0.478 e. The van der Waals surface area contributed by atoms with Crippen LogP contribution in [0, 0.1) is 35.2 Å². The monoisotopic (exact) mass is 1770 g/mol. The third kappa shape index (κ3) is 11.8. The third-order valence-electron chi connectivity index (χ3n) is 28.5. The Kier molecular flexibility index (Phi) is 18.4. The lowest BCUT2D eigenvalue weighted by atomic mass is 9.70. The zero-order valence-corrected chi connectivity index (χ0v) is 69.9. The lowest BCUT2D eigenvalue weighted by Crippen LogP contribution is -2.53. The second-order valence-electron chi connectivity index (χ2n) is 34.9. The van der Waals surface area contributed by atoms with Crippen LogP contribution in [-0.4, -0.2) is 132 Å². The lowest BCUT2D eigenvalue weighted by molar-refractivity contribution is -0.128. The normalized spacial score (nSPS) is 26.7. The number of carbonyl (C=O) groups is 6. The summed E-state index contributed by atoms with van der Waals surface area (Å²) in [7, 11) is 0. The van der Waals surface area contributed by atoms with Crippen LogP contribution in [0.5, 0.6) is 0 Å². The Morgan fingerprint density at radius 2 is 0.650 bits per heavy atom. The van der Waals surface area contributed by atoms with Crippen LogP contribution in [0.15, 0.2) is 164 Å². The maximum absolute atomic E-state index is 16.1. The van der Waals surface area contributed by atoms with E-state index in [1.807, 2.05) is 18.2 Å². The molecule has 624 valence electrons. The number of halogens is 9. The first kappa shape index (κ1) is 78.6. The second kappa shape index (κ2) is 28.8. The average molecular weight is 1770 g/mol. The Balaban J connectivity index is 0.000000110. The van der Waals surface area contributed by atoms with E-state index in [-0.39, 0.29) is 85.4 Å². The van der Waals surface area contributed by atoms with Gasteiger partial charge in [-0.05, 0) is 201 Å². The number of anilines is 3. The number of aryl methyl sites for hydroxylation is 3. The predicted molar refractivity (Wildman–Crippen MR) is 460 cm³/mol. The number of hydrogen-bond acceptors (Lipinski definition) is 12. The maximum Gasteiger partial charge on any atom is 0.335 e. The summed E-state index contributed by atoms with van der Waals surface area (Å²) in [6, 6.07) is 45.8. The summed E-state index contributed by atoms with van der Waals surface area (Å²) in [6.45, 7) is 4.07. The van der Waals surface area contributed by atoms with E-state index >= 15 is 13.2 Å². The number of benzene rings is 9. The molecule has 6 fully saturated rings. The highest BCUT2D eigenvalue weighted by atomic mass is 35.5. The van der Waals surface area contributed by atoms with Gasteiger partial charge in [-0.2, -0.15) is 0 Å². The van der Waals surface area contributed by atoms with Crippen molar-refractivity contribution in [2.45, 2.75) is 148 Å². The van der Waals surface area contributed by atoms with E-state index in [1.54, 1.807) is 127 Å². The van der Waals surface area contributed by atoms with E-state index in [4.69, 9.17) is 84.6 Å². The van der Waals surface area contributed by atoms with Crippen molar-refractivity contribution in [3.63, 3.8) is 0 Å². The Labute approximate surface area is 731 Å². The summed E-state index contributed by atoms with van der Waals surface area (Å²) in [5, 5.41) is 39.6. The molecule has 0 unspecified atom stereocenters. The van der Waals surface area contributed by atoms with Crippen LogP contribution in [0.1, 0.15) is 175 Å². The van der Waals surface area contributed by atoms with Crippen molar-refractivity contribution in [1.82, 2.24) is 43.4 Å². The Morgan fingerprint density at radius 1 is 0.374 bits per heavy atom. The topological polar surface area (TPSA) is 262 Å². The minimum absolute atomic E-state index is 0.00000926. The van der Waals surface area contributed by atoms with Crippen LogP contribution >= 0.6 is 69.6 Å². The summed E-state index contributed by atoms with van der Waals surface area (Å²) in [5.74, 6) is -4.76. The molecule has 12 heterocycles. The predicted octanol–water partition coefficient (Wildman–Crippen LogP) is 19.2. The fraction of sp³-hybridized carbons (Fsp3) is 0.323. The largest absolute Gasteiger partial charge is 0.478 e. The second-order valence-corrected chi connectivity index (χ2v) is 37.4. The summed E-state index contributed by atoms with van der Waals surface area (Å²) in [5.41, 5.74) is 6.39. The number of nitrogens with zero attached hydrogens (tertiary/aromatic N) is 9. The van der Waals surface area contributed by atoms with Gasteiger partial charge in [-0.3, -0.25) is 29.1 Å². The van der Waals surface area contributed by atoms with E-state index < -0.39 is 69.7 Å². The van der Waals surface area contributed by atoms with Gasteiger partial charge < -0.3 is 45.0 Å². The number of fused-ring (bicyclic) bond motifs is 21. The van der Waals surface area contributed by atoms with Crippen LogP contribution in [-0.2, 0) is 50.6 Å². The number of hydrogen-bond donors (Lipinski definition) is 6. The van der Waals surface area contributed by atoms with Crippen LogP contribution in [0.25, 0.3) is 33.1 Å². The average Bonchev–Trinajstić information content (AvgIpc) is 1.52. The van der Waals surface area contributed by atoms with E-state index in [0.717, 1.165) is 109 Å². The van der Waals surface area contributed by atoms with E-state index in [2.05, 4.69) is 44.4 Å². The molecule has 9 aliphatic heterocycles. The number of carboxylic acid groups (broad SMARTS) is 3. The highest BCUT2D eigenvalue weighted by molar-refractivity contribution is 6.33. The molecule has 12 atom stereocenters. The van der Waals surface area contributed by atoms with Crippen molar-refractivity contribution in [3.8, 4) is 0 Å². The molecule has 30 heteroatoms. The molecular weight excluding hydrogens is 1700 g/mol. The Morgan fingerprint density at radius 3 is 0.911 bits per heavy atom. The van der Waals surface area contributed by atoms with Gasteiger partial charge in [0.15, 0.2) is 0 Å². The molecule has 12 aromatic rings. The molecule has 3 aliphatic carbocycles. The van der Waals surface area contributed by atoms with Gasteiger partial charge in [0.2, 0.25) is 17.7 Å². The molecule has 3 amide bonds. The maximum atomic E-state index is 16.1. The van der Waals surface area contributed by atoms with Crippen molar-refractivity contribution >= 4 is 155 Å². The molecule has 9 aromatic carbocycles. The molecule has 21 nitrogen and oxygen atoms in total. The number of aromatic nitrogens is 6. The number of aromatic carboxylic acids is 3. The number of rotatable bonds is 12. The Bertz CT molecular complexity index is 6030. The summed E-state index contributed by atoms with van der Waals surface area (Å²) < 4.78 is 54.8. The highest BCUT2D eigenvalue weighted by Crippen LogP contribution is 2.69. The molecular formula is C93H75Cl6F3N12O9. The van der Waals surface area contributed by atoms with E-state index in [1.165, 1.54) is 18.2 Å². The minimum atomic E-state index is -1.21. The molecule has 3 aromatic heterocycles. The first-order chi connectivity index (χ1) is 59.4. The van der Waals surface area contributed by atoms with Crippen molar-refractivity contribution < 1.29 is 57.3 Å². The van der Waals surface area contributed by atoms with Crippen molar-refractivity contribution in [1.29, 1.82) is 0 Å². The zero-order chi connectivity index (χ0) is 84.6. The quantitative estimate of drug-likeness (QED) is 0.0664. The lowest BCUT2D eigenvalue weighted by Gasteiger charge is -2.40. The third-order valence-corrected chi connectivity index (χ3v) is 30.1. The molecule has 24 rings (SSSR count). The van der Waals surface area contributed by atoms with Gasteiger partial charge in [0.25, 0.3) is 0 Å².